The number of piperazine rings is 1. The molecule has 1 aliphatic heterocycles. The summed E-state index contributed by atoms with van der Waals surface area (Å²) < 4.78 is 28.2. The number of hydrogen-bond donors (Lipinski definition) is 1. The molecule has 1 N–H and O–H groups in total. The number of halogens is 1. The third-order valence-corrected chi connectivity index (χ3v) is 5.89. The number of nitriles is 1. The maximum absolute atomic E-state index is 12.7. The minimum Gasteiger partial charge on any atom is -0.313 e. The first kappa shape index (κ1) is 17.2. The first-order valence-electron chi connectivity index (χ1n) is 7.03. The van der Waals surface area contributed by atoms with Crippen molar-refractivity contribution in [3.8, 4) is 6.07 Å². The molecule has 8 heteroatoms. The Bertz CT molecular complexity index is 659. The van der Waals surface area contributed by atoms with Gasteiger partial charge in [0.25, 0.3) is 10.2 Å². The van der Waals surface area contributed by atoms with Crippen LogP contribution in [0, 0.1) is 11.3 Å². The third-order valence-electron chi connectivity index (χ3n) is 3.66. The Labute approximate surface area is 136 Å². The smallest absolute Gasteiger partial charge is 0.282 e. The molecule has 0 amide bonds. The summed E-state index contributed by atoms with van der Waals surface area (Å²) in [6.07, 6.45) is 0.170. The Kier molecular flexibility index (Phi) is 5.78. The molecule has 1 saturated heterocycles. The van der Waals surface area contributed by atoms with Crippen molar-refractivity contribution in [2.45, 2.75) is 12.5 Å². The Hall–Kier alpha value is -1.17. The van der Waals surface area contributed by atoms with E-state index in [0.717, 1.165) is 5.56 Å². The number of nitrogens with zero attached hydrogens (tertiary/aromatic N) is 3. The van der Waals surface area contributed by atoms with Gasteiger partial charge in [0.15, 0.2) is 0 Å². The van der Waals surface area contributed by atoms with Crippen molar-refractivity contribution in [1.82, 2.24) is 13.9 Å². The van der Waals surface area contributed by atoms with Crippen LogP contribution in [0.15, 0.2) is 24.3 Å². The standard InChI is InChI=1S/C14H19ClN4O2S/c1-18(8-3-6-16)22(20,21)19-9-7-17-11-14(19)12-4-2-5-13(15)10-12/h2,4-5,10,14,17H,3,7-9,11H2,1H3. The van der Waals surface area contributed by atoms with Gasteiger partial charge in [0.2, 0.25) is 0 Å². The second-order valence-electron chi connectivity index (χ2n) is 5.12. The molecule has 1 unspecified atom stereocenters. The van der Waals surface area contributed by atoms with Crippen molar-refractivity contribution in [1.29, 1.82) is 5.26 Å². The molecule has 0 aliphatic carbocycles. The van der Waals surface area contributed by atoms with Crippen LogP contribution in [0.3, 0.4) is 0 Å². The molecule has 6 nitrogen and oxygen atoms in total. The quantitative estimate of drug-likeness (QED) is 0.877. The topological polar surface area (TPSA) is 76.4 Å². The van der Waals surface area contributed by atoms with E-state index in [4.69, 9.17) is 16.9 Å². The molecular weight excluding hydrogens is 324 g/mol. The minimum absolute atomic E-state index is 0.170. The molecule has 0 radical (unpaired) electrons. The molecule has 1 heterocycles. The second kappa shape index (κ2) is 7.40. The highest BCUT2D eigenvalue weighted by molar-refractivity contribution is 7.86. The average molecular weight is 343 g/mol. The van der Waals surface area contributed by atoms with Crippen LogP contribution in [0.1, 0.15) is 18.0 Å². The molecule has 1 fully saturated rings. The van der Waals surface area contributed by atoms with Gasteiger partial charge in [0, 0.05) is 44.7 Å². The molecule has 1 atom stereocenters. The van der Waals surface area contributed by atoms with Crippen molar-refractivity contribution in [2.75, 3.05) is 33.2 Å². The summed E-state index contributed by atoms with van der Waals surface area (Å²) in [4.78, 5) is 0. The average Bonchev–Trinajstić information content (AvgIpc) is 2.52. The molecule has 1 aromatic rings. The van der Waals surface area contributed by atoms with Gasteiger partial charge in [-0.15, -0.1) is 0 Å². The summed E-state index contributed by atoms with van der Waals surface area (Å²) >= 11 is 6.02. The zero-order chi connectivity index (χ0) is 16.2. The zero-order valence-corrected chi connectivity index (χ0v) is 13.9. The molecule has 120 valence electrons. The predicted octanol–water partition coefficient (Wildman–Crippen LogP) is 1.38. The van der Waals surface area contributed by atoms with Crippen molar-refractivity contribution in [3.05, 3.63) is 34.9 Å². The maximum atomic E-state index is 12.7. The number of rotatable bonds is 5. The molecule has 22 heavy (non-hydrogen) atoms. The molecule has 0 spiro atoms. The Morgan fingerprint density at radius 1 is 1.55 bits per heavy atom. The highest BCUT2D eigenvalue weighted by atomic mass is 35.5. The summed E-state index contributed by atoms with van der Waals surface area (Å²) in [7, 11) is -2.11. The second-order valence-corrected chi connectivity index (χ2v) is 7.55. The summed E-state index contributed by atoms with van der Waals surface area (Å²) in [6, 6.07) is 8.91. The minimum atomic E-state index is -3.61. The lowest BCUT2D eigenvalue weighted by Crippen LogP contribution is -2.52. The van der Waals surface area contributed by atoms with Crippen LogP contribution in [-0.4, -0.2) is 50.3 Å². The summed E-state index contributed by atoms with van der Waals surface area (Å²) in [5, 5.41) is 12.4. The predicted molar refractivity (Wildman–Crippen MR) is 85.5 cm³/mol. The lowest BCUT2D eigenvalue weighted by atomic mass is 10.1. The van der Waals surface area contributed by atoms with Crippen molar-refractivity contribution < 1.29 is 8.42 Å². The first-order valence-corrected chi connectivity index (χ1v) is 8.80. The van der Waals surface area contributed by atoms with Crippen LogP contribution >= 0.6 is 11.6 Å². The van der Waals surface area contributed by atoms with Gasteiger partial charge >= 0.3 is 0 Å². The number of hydrogen-bond acceptors (Lipinski definition) is 4. The third kappa shape index (κ3) is 3.77. The van der Waals surface area contributed by atoms with E-state index in [1.54, 1.807) is 12.1 Å². The van der Waals surface area contributed by atoms with Gasteiger partial charge in [-0.05, 0) is 17.7 Å². The van der Waals surface area contributed by atoms with E-state index in [0.29, 0.717) is 24.7 Å². The van der Waals surface area contributed by atoms with Gasteiger partial charge in [-0.1, -0.05) is 23.7 Å². The summed E-state index contributed by atoms with van der Waals surface area (Å²) in [5.41, 5.74) is 0.858. The normalized spacial score (nSPS) is 20.0. The van der Waals surface area contributed by atoms with Gasteiger partial charge in [0.05, 0.1) is 12.1 Å². The SMILES string of the molecule is CN(CCC#N)S(=O)(=O)N1CCNCC1c1cccc(Cl)c1. The highest BCUT2D eigenvalue weighted by Crippen LogP contribution is 2.28. The van der Waals surface area contributed by atoms with Crippen LogP contribution in [-0.2, 0) is 10.2 Å². The van der Waals surface area contributed by atoms with Gasteiger partial charge in [-0.2, -0.15) is 22.3 Å². The van der Waals surface area contributed by atoms with Gasteiger partial charge < -0.3 is 5.32 Å². The van der Waals surface area contributed by atoms with Gasteiger partial charge in [-0.3, -0.25) is 0 Å². The largest absolute Gasteiger partial charge is 0.313 e. The fraction of sp³-hybridized carbons (Fsp3) is 0.500. The van der Waals surface area contributed by atoms with Crippen LogP contribution in [0.4, 0.5) is 0 Å². The zero-order valence-electron chi connectivity index (χ0n) is 12.4. The molecular formula is C14H19ClN4O2S. The van der Waals surface area contributed by atoms with E-state index in [1.807, 2.05) is 18.2 Å². The maximum Gasteiger partial charge on any atom is 0.282 e. The van der Waals surface area contributed by atoms with E-state index in [9.17, 15) is 8.42 Å². The number of benzene rings is 1. The molecule has 0 saturated carbocycles. The molecule has 1 aliphatic rings. The highest BCUT2D eigenvalue weighted by Gasteiger charge is 2.35. The van der Waals surface area contributed by atoms with Crippen LogP contribution < -0.4 is 5.32 Å². The number of nitrogens with one attached hydrogen (secondary N) is 1. The first-order chi connectivity index (χ1) is 10.5. The Morgan fingerprint density at radius 3 is 3.00 bits per heavy atom. The van der Waals surface area contributed by atoms with E-state index in [1.165, 1.54) is 15.7 Å². The van der Waals surface area contributed by atoms with Crippen molar-refractivity contribution in [3.63, 3.8) is 0 Å². The fourth-order valence-electron chi connectivity index (χ4n) is 2.46. The van der Waals surface area contributed by atoms with E-state index >= 15 is 0 Å². The van der Waals surface area contributed by atoms with E-state index < -0.39 is 10.2 Å². The van der Waals surface area contributed by atoms with Gasteiger partial charge in [0.1, 0.15) is 0 Å². The summed E-state index contributed by atoms with van der Waals surface area (Å²) in [5.74, 6) is 0. The van der Waals surface area contributed by atoms with E-state index in [-0.39, 0.29) is 19.0 Å². The molecule has 0 aromatic heterocycles. The van der Waals surface area contributed by atoms with Crippen LogP contribution in [0.25, 0.3) is 0 Å². The van der Waals surface area contributed by atoms with Gasteiger partial charge in [-0.25, -0.2) is 0 Å². The Balaban J connectivity index is 2.28. The van der Waals surface area contributed by atoms with Crippen molar-refractivity contribution >= 4 is 21.8 Å². The molecule has 2 rings (SSSR count). The van der Waals surface area contributed by atoms with Crippen LogP contribution in [0.2, 0.25) is 5.02 Å². The Morgan fingerprint density at radius 2 is 2.32 bits per heavy atom. The summed E-state index contributed by atoms with van der Waals surface area (Å²) in [6.45, 7) is 1.70. The molecule has 0 bridgehead atoms. The lowest BCUT2D eigenvalue weighted by Gasteiger charge is -2.37. The molecule has 1 aromatic carbocycles. The monoisotopic (exact) mass is 342 g/mol. The fourth-order valence-corrected chi connectivity index (χ4v) is 4.18. The van der Waals surface area contributed by atoms with Crippen molar-refractivity contribution in [2.24, 2.45) is 0 Å². The van der Waals surface area contributed by atoms with E-state index in [2.05, 4.69) is 5.32 Å². The van der Waals surface area contributed by atoms with Crippen LogP contribution in [0.5, 0.6) is 0 Å². The lowest BCUT2D eigenvalue weighted by molar-refractivity contribution is 0.253.